The van der Waals surface area contributed by atoms with Crippen LogP contribution in [0.15, 0.2) is 36.5 Å². The summed E-state index contributed by atoms with van der Waals surface area (Å²) in [5, 5.41) is 3.59. The number of pyridine rings is 1. The third kappa shape index (κ3) is 3.37. The van der Waals surface area contributed by atoms with Gasteiger partial charge in [0, 0.05) is 42.5 Å². The maximum Gasteiger partial charge on any atom is 0.321 e. The number of nitrogens with one attached hydrogen (secondary N) is 1. The molecule has 1 aromatic carbocycles. The first-order valence-corrected chi connectivity index (χ1v) is 9.58. The van der Waals surface area contributed by atoms with Crippen molar-refractivity contribution in [3.63, 3.8) is 0 Å². The van der Waals surface area contributed by atoms with Crippen LogP contribution in [0, 0.1) is 6.92 Å². The molecule has 0 aliphatic carbocycles. The Hall–Kier alpha value is -2.60. The summed E-state index contributed by atoms with van der Waals surface area (Å²) in [7, 11) is 0. The zero-order valence-corrected chi connectivity index (χ0v) is 16.2. The highest BCUT2D eigenvalue weighted by molar-refractivity contribution is 6.31. The molecule has 0 radical (unpaired) electrons. The number of hydrogen-bond donors (Lipinski definition) is 1. The lowest BCUT2D eigenvalue weighted by Gasteiger charge is -2.18. The first kappa shape index (κ1) is 17.8. The van der Waals surface area contributed by atoms with E-state index in [1.54, 1.807) is 12.3 Å². The van der Waals surface area contributed by atoms with Gasteiger partial charge in [0.2, 0.25) is 0 Å². The Morgan fingerprint density at radius 1 is 1.37 bits per heavy atom. The van der Waals surface area contributed by atoms with E-state index >= 15 is 0 Å². The average Bonchev–Trinajstić information content (AvgIpc) is 3.29. The van der Waals surface area contributed by atoms with E-state index < -0.39 is 0 Å². The molecule has 0 saturated carbocycles. The molecule has 4 rings (SSSR count). The third-order valence-corrected chi connectivity index (χ3v) is 5.52. The predicted octanol–water partition coefficient (Wildman–Crippen LogP) is 4.43. The Balaban J connectivity index is 1.50. The Bertz CT molecular complexity index is 999. The van der Waals surface area contributed by atoms with Gasteiger partial charge in [-0.3, -0.25) is 0 Å². The summed E-state index contributed by atoms with van der Waals surface area (Å²) in [6.45, 7) is 6.20. The number of carbonyl (C=O) groups excluding carboxylic acids is 1. The lowest BCUT2D eigenvalue weighted by atomic mass is 10.1. The molecule has 6 nitrogen and oxygen atoms in total. The number of aryl methyl sites for hydroxylation is 2. The molecule has 3 aromatic rings. The lowest BCUT2D eigenvalue weighted by Crippen LogP contribution is -2.33. The number of halogens is 1. The summed E-state index contributed by atoms with van der Waals surface area (Å²) in [6, 6.07) is 9.34. The van der Waals surface area contributed by atoms with Gasteiger partial charge in [-0.25, -0.2) is 14.8 Å². The Morgan fingerprint density at radius 2 is 2.22 bits per heavy atom. The molecule has 2 amide bonds. The standard InChI is InChI=1S/C20H22ClN5O/c1-3-26-18(24-17-5-4-9-22-19(17)26)14-8-10-25(12-14)20(27)23-15-7-6-13(2)16(21)11-15/h4-7,9,11,14H,3,8,10,12H2,1-2H3,(H,23,27). The molecular formula is C20H22ClN5O. The van der Waals surface area contributed by atoms with E-state index in [1.165, 1.54) is 0 Å². The summed E-state index contributed by atoms with van der Waals surface area (Å²) >= 11 is 6.15. The Morgan fingerprint density at radius 3 is 3.00 bits per heavy atom. The average molecular weight is 384 g/mol. The zero-order valence-electron chi connectivity index (χ0n) is 15.4. The van der Waals surface area contributed by atoms with Crippen LogP contribution in [-0.4, -0.2) is 38.6 Å². The molecule has 1 aliphatic heterocycles. The summed E-state index contributed by atoms with van der Waals surface area (Å²) in [6.07, 6.45) is 2.69. The number of carbonyl (C=O) groups is 1. The molecule has 1 N–H and O–H groups in total. The molecular weight excluding hydrogens is 362 g/mol. The molecule has 1 atom stereocenters. The van der Waals surface area contributed by atoms with Crippen LogP contribution in [0.4, 0.5) is 10.5 Å². The number of nitrogens with zero attached hydrogens (tertiary/aromatic N) is 4. The molecule has 0 bridgehead atoms. The number of fused-ring (bicyclic) bond motifs is 1. The van der Waals surface area contributed by atoms with Crippen LogP contribution in [0.25, 0.3) is 11.2 Å². The van der Waals surface area contributed by atoms with Crippen molar-refractivity contribution in [2.75, 3.05) is 18.4 Å². The number of likely N-dealkylation sites (tertiary alicyclic amines) is 1. The maximum atomic E-state index is 12.6. The minimum Gasteiger partial charge on any atom is -0.324 e. The van der Waals surface area contributed by atoms with Crippen molar-refractivity contribution in [2.24, 2.45) is 0 Å². The molecule has 7 heteroatoms. The summed E-state index contributed by atoms with van der Waals surface area (Å²) in [4.78, 5) is 23.7. The first-order chi connectivity index (χ1) is 13.1. The fourth-order valence-corrected chi connectivity index (χ4v) is 3.81. The van der Waals surface area contributed by atoms with E-state index in [1.807, 2.05) is 36.1 Å². The SMILES string of the molecule is CCn1c(C2CCN(C(=O)Nc3ccc(C)c(Cl)c3)C2)nc2cccnc21. The Kier molecular flexibility index (Phi) is 4.74. The van der Waals surface area contributed by atoms with Crippen molar-refractivity contribution in [2.45, 2.75) is 32.7 Å². The van der Waals surface area contributed by atoms with Crippen LogP contribution in [-0.2, 0) is 6.54 Å². The Labute approximate surface area is 163 Å². The smallest absolute Gasteiger partial charge is 0.321 e. The van der Waals surface area contributed by atoms with Crippen LogP contribution >= 0.6 is 11.6 Å². The van der Waals surface area contributed by atoms with E-state index in [0.29, 0.717) is 23.8 Å². The summed E-state index contributed by atoms with van der Waals surface area (Å²) in [5.74, 6) is 1.23. The normalized spacial score (nSPS) is 16.9. The quantitative estimate of drug-likeness (QED) is 0.727. The van der Waals surface area contributed by atoms with E-state index in [4.69, 9.17) is 16.6 Å². The number of anilines is 1. The van der Waals surface area contributed by atoms with Gasteiger partial charge in [-0.1, -0.05) is 17.7 Å². The summed E-state index contributed by atoms with van der Waals surface area (Å²) < 4.78 is 2.15. The van der Waals surface area contributed by atoms with Crippen molar-refractivity contribution >= 4 is 34.5 Å². The number of rotatable bonds is 3. The fourth-order valence-electron chi connectivity index (χ4n) is 3.63. The van der Waals surface area contributed by atoms with Crippen LogP contribution in [0.5, 0.6) is 0 Å². The van der Waals surface area contributed by atoms with Crippen molar-refractivity contribution in [3.05, 3.63) is 52.9 Å². The van der Waals surface area contributed by atoms with Crippen molar-refractivity contribution < 1.29 is 4.79 Å². The van der Waals surface area contributed by atoms with Gasteiger partial charge >= 0.3 is 6.03 Å². The number of aromatic nitrogens is 3. The molecule has 1 unspecified atom stereocenters. The van der Waals surface area contributed by atoms with Crippen LogP contribution in [0.2, 0.25) is 5.02 Å². The largest absolute Gasteiger partial charge is 0.324 e. The highest BCUT2D eigenvalue weighted by Gasteiger charge is 2.31. The minimum absolute atomic E-state index is 0.102. The van der Waals surface area contributed by atoms with Gasteiger partial charge in [0.05, 0.1) is 0 Å². The molecule has 1 saturated heterocycles. The topological polar surface area (TPSA) is 63.1 Å². The second kappa shape index (κ2) is 7.19. The summed E-state index contributed by atoms with van der Waals surface area (Å²) in [5.41, 5.74) is 3.52. The predicted molar refractivity (Wildman–Crippen MR) is 107 cm³/mol. The van der Waals surface area contributed by atoms with E-state index in [0.717, 1.165) is 35.5 Å². The molecule has 2 aromatic heterocycles. The molecule has 1 fully saturated rings. The number of imidazole rings is 1. The van der Waals surface area contributed by atoms with Crippen molar-refractivity contribution in [1.29, 1.82) is 0 Å². The van der Waals surface area contributed by atoms with E-state index in [-0.39, 0.29) is 11.9 Å². The molecule has 27 heavy (non-hydrogen) atoms. The van der Waals surface area contributed by atoms with Gasteiger partial charge in [0.25, 0.3) is 0 Å². The van der Waals surface area contributed by atoms with Gasteiger partial charge in [0.15, 0.2) is 5.65 Å². The van der Waals surface area contributed by atoms with Crippen molar-refractivity contribution in [3.8, 4) is 0 Å². The van der Waals surface area contributed by atoms with Crippen LogP contribution in [0.3, 0.4) is 0 Å². The maximum absolute atomic E-state index is 12.6. The van der Waals surface area contributed by atoms with E-state index in [2.05, 4.69) is 21.8 Å². The molecule has 0 spiro atoms. The molecule has 3 heterocycles. The lowest BCUT2D eigenvalue weighted by molar-refractivity contribution is 0.222. The number of amides is 2. The first-order valence-electron chi connectivity index (χ1n) is 9.20. The van der Waals surface area contributed by atoms with Crippen LogP contribution in [0.1, 0.15) is 30.7 Å². The highest BCUT2D eigenvalue weighted by atomic mass is 35.5. The second-order valence-electron chi connectivity index (χ2n) is 6.89. The highest BCUT2D eigenvalue weighted by Crippen LogP contribution is 2.29. The number of urea groups is 1. The minimum atomic E-state index is -0.102. The van der Waals surface area contributed by atoms with Gasteiger partial charge in [-0.2, -0.15) is 0 Å². The van der Waals surface area contributed by atoms with Gasteiger partial charge in [-0.15, -0.1) is 0 Å². The van der Waals surface area contributed by atoms with Gasteiger partial charge in [0.1, 0.15) is 11.3 Å². The van der Waals surface area contributed by atoms with Gasteiger partial charge in [-0.05, 0) is 50.1 Å². The second-order valence-corrected chi connectivity index (χ2v) is 7.29. The van der Waals surface area contributed by atoms with E-state index in [9.17, 15) is 4.79 Å². The molecule has 1 aliphatic rings. The zero-order chi connectivity index (χ0) is 19.0. The monoisotopic (exact) mass is 383 g/mol. The molecule has 140 valence electrons. The number of benzene rings is 1. The third-order valence-electron chi connectivity index (χ3n) is 5.11. The van der Waals surface area contributed by atoms with Crippen LogP contribution < -0.4 is 5.32 Å². The fraction of sp³-hybridized carbons (Fsp3) is 0.350. The van der Waals surface area contributed by atoms with Gasteiger partial charge < -0.3 is 14.8 Å². The number of hydrogen-bond acceptors (Lipinski definition) is 3. The van der Waals surface area contributed by atoms with Crippen molar-refractivity contribution in [1.82, 2.24) is 19.4 Å².